The van der Waals surface area contributed by atoms with E-state index in [1.165, 1.54) is 7.11 Å². The molecule has 0 bridgehead atoms. The summed E-state index contributed by atoms with van der Waals surface area (Å²) in [6.07, 6.45) is -0.00793. The number of rotatable bonds is 8. The van der Waals surface area contributed by atoms with Crippen molar-refractivity contribution in [3.05, 3.63) is 90.0 Å². The summed E-state index contributed by atoms with van der Waals surface area (Å²) in [5.41, 5.74) is 1.70. The number of methoxy groups -OCH3 is 1. The van der Waals surface area contributed by atoms with Crippen LogP contribution in [0.3, 0.4) is 0 Å². The van der Waals surface area contributed by atoms with Gasteiger partial charge in [0.05, 0.1) is 12.7 Å². The number of para-hydroxylation sites is 1. The first-order valence-electron chi connectivity index (χ1n) is 9.42. The van der Waals surface area contributed by atoms with Gasteiger partial charge in [0.15, 0.2) is 6.10 Å². The van der Waals surface area contributed by atoms with E-state index in [-0.39, 0.29) is 11.7 Å². The van der Waals surface area contributed by atoms with Gasteiger partial charge in [-0.1, -0.05) is 49.4 Å². The van der Waals surface area contributed by atoms with Crippen molar-refractivity contribution in [3.8, 4) is 11.5 Å². The number of anilines is 1. The Hall–Kier alpha value is -3.60. The third-order valence-corrected chi connectivity index (χ3v) is 4.46. The fourth-order valence-corrected chi connectivity index (χ4v) is 2.92. The van der Waals surface area contributed by atoms with Crippen molar-refractivity contribution >= 4 is 17.4 Å². The smallest absolute Gasteiger partial charge is 0.259 e. The second kappa shape index (κ2) is 9.55. The molecule has 1 N–H and O–H groups in total. The molecule has 5 heteroatoms. The fraction of sp³-hybridized carbons (Fsp3) is 0.167. The summed E-state index contributed by atoms with van der Waals surface area (Å²) in [7, 11) is 1.53. The van der Waals surface area contributed by atoms with Gasteiger partial charge in [-0.2, -0.15) is 0 Å². The van der Waals surface area contributed by atoms with Gasteiger partial charge in [0.2, 0.25) is 5.78 Å². The summed E-state index contributed by atoms with van der Waals surface area (Å²) in [6, 6.07) is 23.1. The van der Waals surface area contributed by atoms with E-state index in [4.69, 9.17) is 9.47 Å². The molecular weight excluding hydrogens is 366 g/mol. The van der Waals surface area contributed by atoms with Crippen molar-refractivity contribution in [2.45, 2.75) is 19.4 Å². The van der Waals surface area contributed by atoms with E-state index in [9.17, 15) is 9.59 Å². The topological polar surface area (TPSA) is 64.6 Å². The summed E-state index contributed by atoms with van der Waals surface area (Å²) in [4.78, 5) is 25.1. The summed E-state index contributed by atoms with van der Waals surface area (Å²) >= 11 is 0. The van der Waals surface area contributed by atoms with Gasteiger partial charge < -0.3 is 14.8 Å². The van der Waals surface area contributed by atoms with Gasteiger partial charge in [-0.3, -0.25) is 9.59 Å². The highest BCUT2D eigenvalue weighted by Gasteiger charge is 2.20. The molecule has 0 spiro atoms. The number of hydrogen-bond acceptors (Lipinski definition) is 4. The molecule has 0 heterocycles. The van der Waals surface area contributed by atoms with Crippen molar-refractivity contribution in [3.63, 3.8) is 0 Å². The van der Waals surface area contributed by atoms with Crippen LogP contribution in [0.25, 0.3) is 0 Å². The Labute approximate surface area is 170 Å². The van der Waals surface area contributed by atoms with Crippen LogP contribution in [0, 0.1) is 0 Å². The Kier molecular flexibility index (Phi) is 6.63. The third-order valence-electron chi connectivity index (χ3n) is 4.46. The van der Waals surface area contributed by atoms with Gasteiger partial charge in [0.25, 0.3) is 5.91 Å². The minimum atomic E-state index is -0.563. The van der Waals surface area contributed by atoms with E-state index in [2.05, 4.69) is 5.32 Å². The quantitative estimate of drug-likeness (QED) is 0.552. The maximum atomic E-state index is 12.6. The van der Waals surface area contributed by atoms with Crippen LogP contribution in [0.4, 0.5) is 5.69 Å². The molecule has 0 aliphatic heterocycles. The number of Topliss-reactive ketones (excluding diaryl/α,β-unsaturated/α-hetero) is 1. The molecule has 0 saturated carbocycles. The Balaban J connectivity index is 1.66. The summed E-state index contributed by atoms with van der Waals surface area (Å²) < 4.78 is 11.1. The molecule has 29 heavy (non-hydrogen) atoms. The van der Waals surface area contributed by atoms with Crippen LogP contribution < -0.4 is 14.8 Å². The van der Waals surface area contributed by atoms with Gasteiger partial charge in [-0.05, 0) is 42.8 Å². The molecular formula is C24H23NO4. The molecule has 3 rings (SSSR count). The van der Waals surface area contributed by atoms with Crippen LogP contribution in [-0.2, 0) is 0 Å². The summed E-state index contributed by atoms with van der Waals surface area (Å²) in [5.74, 6) is 0.759. The highest BCUT2D eigenvalue weighted by atomic mass is 16.5. The van der Waals surface area contributed by atoms with Crippen molar-refractivity contribution < 1.29 is 19.1 Å². The largest absolute Gasteiger partial charge is 0.496 e. The van der Waals surface area contributed by atoms with Crippen LogP contribution >= 0.6 is 0 Å². The number of ketones is 1. The van der Waals surface area contributed by atoms with E-state index in [1.807, 2.05) is 31.2 Å². The van der Waals surface area contributed by atoms with Gasteiger partial charge in [-0.25, -0.2) is 0 Å². The third kappa shape index (κ3) is 5.02. The van der Waals surface area contributed by atoms with Gasteiger partial charge in [0.1, 0.15) is 11.5 Å². The van der Waals surface area contributed by atoms with Gasteiger partial charge in [-0.15, -0.1) is 0 Å². The lowest BCUT2D eigenvalue weighted by atomic mass is 10.0. The van der Waals surface area contributed by atoms with Crippen LogP contribution in [0.15, 0.2) is 78.9 Å². The van der Waals surface area contributed by atoms with Gasteiger partial charge >= 0.3 is 0 Å². The lowest BCUT2D eigenvalue weighted by Gasteiger charge is -2.17. The monoisotopic (exact) mass is 389 g/mol. The molecule has 1 amide bonds. The second-order valence-electron chi connectivity index (χ2n) is 6.42. The predicted molar refractivity (Wildman–Crippen MR) is 113 cm³/mol. The lowest BCUT2D eigenvalue weighted by molar-refractivity contribution is 0.0786. The standard InChI is InChI=1S/C24H23NO4/c1-3-21(23(26)17-9-5-4-6-10-17)29-19-15-13-18(14-16-19)25-24(27)20-11-7-8-12-22(20)28-2/h4-16,21H,3H2,1-2H3,(H,25,27). The molecule has 3 aromatic carbocycles. The molecule has 0 radical (unpaired) electrons. The number of ether oxygens (including phenoxy) is 2. The zero-order chi connectivity index (χ0) is 20.6. The van der Waals surface area contributed by atoms with Crippen LogP contribution in [-0.4, -0.2) is 24.9 Å². The number of carbonyl (C=O) groups excluding carboxylic acids is 2. The molecule has 1 unspecified atom stereocenters. The van der Waals surface area contributed by atoms with E-state index >= 15 is 0 Å². The maximum Gasteiger partial charge on any atom is 0.259 e. The van der Waals surface area contributed by atoms with Crippen LogP contribution in [0.1, 0.15) is 34.1 Å². The molecule has 0 aliphatic carbocycles. The Bertz CT molecular complexity index is 968. The van der Waals surface area contributed by atoms with Crippen molar-refractivity contribution in [2.24, 2.45) is 0 Å². The average molecular weight is 389 g/mol. The van der Waals surface area contributed by atoms with Crippen molar-refractivity contribution in [1.29, 1.82) is 0 Å². The van der Waals surface area contributed by atoms with Crippen LogP contribution in [0.5, 0.6) is 11.5 Å². The highest BCUT2D eigenvalue weighted by molar-refractivity contribution is 6.06. The summed E-state index contributed by atoms with van der Waals surface area (Å²) in [6.45, 7) is 1.91. The minimum Gasteiger partial charge on any atom is -0.496 e. The lowest BCUT2D eigenvalue weighted by Crippen LogP contribution is -2.26. The second-order valence-corrected chi connectivity index (χ2v) is 6.42. The first kappa shape index (κ1) is 20.1. The number of nitrogens with one attached hydrogen (secondary N) is 1. The molecule has 3 aromatic rings. The normalized spacial score (nSPS) is 11.4. The molecule has 5 nitrogen and oxygen atoms in total. The number of hydrogen-bond donors (Lipinski definition) is 1. The van der Waals surface area contributed by atoms with E-state index in [1.54, 1.807) is 54.6 Å². The first-order chi connectivity index (χ1) is 14.1. The van der Waals surface area contributed by atoms with Crippen LogP contribution in [0.2, 0.25) is 0 Å². The fourth-order valence-electron chi connectivity index (χ4n) is 2.92. The Morgan fingerprint density at radius 1 is 0.897 bits per heavy atom. The molecule has 0 saturated heterocycles. The van der Waals surface area contributed by atoms with Crippen molar-refractivity contribution in [2.75, 3.05) is 12.4 Å². The average Bonchev–Trinajstić information content (AvgIpc) is 2.78. The number of carbonyl (C=O) groups is 2. The highest BCUT2D eigenvalue weighted by Crippen LogP contribution is 2.22. The zero-order valence-corrected chi connectivity index (χ0v) is 16.4. The summed E-state index contributed by atoms with van der Waals surface area (Å²) in [5, 5.41) is 2.83. The molecule has 0 aromatic heterocycles. The number of benzene rings is 3. The Morgan fingerprint density at radius 3 is 2.21 bits per heavy atom. The SMILES string of the molecule is CCC(Oc1ccc(NC(=O)c2ccccc2OC)cc1)C(=O)c1ccccc1. The maximum absolute atomic E-state index is 12.6. The molecule has 0 fully saturated rings. The molecule has 0 aliphatic rings. The predicted octanol–water partition coefficient (Wildman–Crippen LogP) is 4.99. The minimum absolute atomic E-state index is 0.0540. The van der Waals surface area contributed by atoms with Gasteiger partial charge in [0, 0.05) is 11.3 Å². The number of amides is 1. The van der Waals surface area contributed by atoms with Crippen molar-refractivity contribution in [1.82, 2.24) is 0 Å². The van der Waals surface area contributed by atoms with E-state index in [0.29, 0.717) is 34.7 Å². The van der Waals surface area contributed by atoms with E-state index < -0.39 is 6.10 Å². The molecule has 1 atom stereocenters. The molecule has 148 valence electrons. The van der Waals surface area contributed by atoms with E-state index in [0.717, 1.165) is 0 Å². The Morgan fingerprint density at radius 2 is 1.55 bits per heavy atom. The first-order valence-corrected chi connectivity index (χ1v) is 9.42. The zero-order valence-electron chi connectivity index (χ0n) is 16.4.